The number of nitrogens with one attached hydrogen (secondary N) is 2. The van der Waals surface area contributed by atoms with Gasteiger partial charge in [0.2, 0.25) is 0 Å². The fraction of sp³-hybridized carbons (Fsp3) is 0.222. The average molecular weight is 549 g/mol. The van der Waals surface area contributed by atoms with Gasteiger partial charge >= 0.3 is 6.03 Å². The van der Waals surface area contributed by atoms with Gasteiger partial charge in [-0.3, -0.25) is 9.36 Å². The summed E-state index contributed by atoms with van der Waals surface area (Å²) in [6, 6.07) is 17.3. The molecule has 0 atom stereocenters. The molecule has 3 N–H and O–H groups in total. The van der Waals surface area contributed by atoms with E-state index < -0.39 is 16.1 Å². The van der Waals surface area contributed by atoms with Gasteiger partial charge in [0.1, 0.15) is 11.3 Å². The Kier molecular flexibility index (Phi) is 9.35. The maximum atomic E-state index is 12.3. The van der Waals surface area contributed by atoms with Gasteiger partial charge < -0.3 is 10.4 Å². The van der Waals surface area contributed by atoms with Crippen molar-refractivity contribution in [3.8, 4) is 11.8 Å². The van der Waals surface area contributed by atoms with Gasteiger partial charge in [-0.25, -0.2) is 27.9 Å². The van der Waals surface area contributed by atoms with Crippen LogP contribution in [0.3, 0.4) is 0 Å². The summed E-state index contributed by atoms with van der Waals surface area (Å²) in [5.41, 5.74) is 6.06. The Hall–Kier alpha value is -4.76. The van der Waals surface area contributed by atoms with Crippen molar-refractivity contribution in [1.82, 2.24) is 24.6 Å². The zero-order valence-corrected chi connectivity index (χ0v) is 22.5. The van der Waals surface area contributed by atoms with Crippen LogP contribution in [0.4, 0.5) is 4.79 Å². The molecular formula is C27H28N6O5S. The summed E-state index contributed by atoms with van der Waals surface area (Å²) in [6.07, 6.45) is 0.658. The van der Waals surface area contributed by atoms with Crippen molar-refractivity contribution in [2.24, 2.45) is 0 Å². The van der Waals surface area contributed by atoms with Crippen LogP contribution in [0.15, 0.2) is 59.5 Å². The molecule has 4 aromatic rings. The molecule has 2 amide bonds. The molecule has 39 heavy (non-hydrogen) atoms. The van der Waals surface area contributed by atoms with Crippen LogP contribution >= 0.6 is 0 Å². The summed E-state index contributed by atoms with van der Waals surface area (Å²) in [7, 11) is -3.93. The number of nitriles is 1. The third kappa shape index (κ3) is 7.18. The Bertz CT molecular complexity index is 1620. The Morgan fingerprint density at radius 2 is 1.72 bits per heavy atom. The largest absolute Gasteiger partial charge is 0.483 e. The van der Waals surface area contributed by atoms with Crippen molar-refractivity contribution in [3.63, 3.8) is 0 Å². The number of amides is 2. The number of aryl methyl sites for hydroxylation is 3. The van der Waals surface area contributed by atoms with E-state index in [2.05, 4.69) is 21.4 Å². The van der Waals surface area contributed by atoms with E-state index >= 15 is 0 Å². The second-order valence-electron chi connectivity index (χ2n) is 8.65. The minimum Gasteiger partial charge on any atom is -0.483 e. The van der Waals surface area contributed by atoms with Crippen molar-refractivity contribution in [2.45, 2.75) is 38.5 Å². The number of carbonyl (C=O) groups is 2. The van der Waals surface area contributed by atoms with Crippen LogP contribution in [0.25, 0.3) is 16.9 Å². The molecule has 12 heteroatoms. The second-order valence-corrected chi connectivity index (χ2v) is 10.3. The molecule has 0 saturated carbocycles. The molecule has 0 spiro atoms. The van der Waals surface area contributed by atoms with Crippen molar-refractivity contribution < 1.29 is 23.1 Å². The van der Waals surface area contributed by atoms with E-state index in [9.17, 15) is 18.5 Å². The number of fused-ring (bicyclic) bond motifs is 1. The molecule has 0 bridgehead atoms. The summed E-state index contributed by atoms with van der Waals surface area (Å²) in [5, 5.41) is 18.7. The van der Waals surface area contributed by atoms with Crippen molar-refractivity contribution in [2.75, 3.05) is 6.54 Å². The normalized spacial score (nSPS) is 10.7. The minimum atomic E-state index is -3.93. The number of imidazole rings is 1. The van der Waals surface area contributed by atoms with Gasteiger partial charge in [0.25, 0.3) is 16.5 Å². The molecule has 4 rings (SSSR count). The SMILES string of the molecule is Cc1ccc(S(=O)(=O)NC(=O)NCCc2ccc(-n3c(CC#N)nc4c(C)cc(C)nc43)cc2)cc1.O=CO. The van der Waals surface area contributed by atoms with Crippen LogP contribution in [0.5, 0.6) is 0 Å². The summed E-state index contributed by atoms with van der Waals surface area (Å²) < 4.78 is 28.6. The number of carbonyl (C=O) groups excluding carboxylic acids is 1. The number of rotatable bonds is 7. The van der Waals surface area contributed by atoms with E-state index in [1.54, 1.807) is 12.1 Å². The molecule has 0 radical (unpaired) electrons. The number of pyridine rings is 1. The Labute approximate surface area is 226 Å². The molecule has 0 fully saturated rings. The number of benzene rings is 2. The number of carboxylic acid groups (broad SMARTS) is 1. The summed E-state index contributed by atoms with van der Waals surface area (Å²) in [4.78, 5) is 29.8. The second kappa shape index (κ2) is 12.7. The van der Waals surface area contributed by atoms with Crippen LogP contribution in [0.1, 0.15) is 28.2 Å². The highest BCUT2D eigenvalue weighted by Crippen LogP contribution is 2.24. The van der Waals surface area contributed by atoms with E-state index in [1.807, 2.05) is 60.4 Å². The molecule has 0 aliphatic carbocycles. The lowest BCUT2D eigenvalue weighted by Crippen LogP contribution is -2.40. The first-order valence-electron chi connectivity index (χ1n) is 11.9. The van der Waals surface area contributed by atoms with Crippen molar-refractivity contribution in [3.05, 3.63) is 82.8 Å². The van der Waals surface area contributed by atoms with Gasteiger partial charge in [0, 0.05) is 17.9 Å². The topological polar surface area (TPSA) is 167 Å². The van der Waals surface area contributed by atoms with E-state index in [1.165, 1.54) is 12.1 Å². The van der Waals surface area contributed by atoms with E-state index in [-0.39, 0.29) is 24.3 Å². The third-order valence-corrected chi connectivity index (χ3v) is 7.04. The van der Waals surface area contributed by atoms with E-state index in [4.69, 9.17) is 9.90 Å². The average Bonchev–Trinajstić information content (AvgIpc) is 3.23. The highest BCUT2D eigenvalue weighted by atomic mass is 32.2. The summed E-state index contributed by atoms with van der Waals surface area (Å²) in [6.45, 7) is 5.75. The number of urea groups is 1. The molecule has 2 aromatic carbocycles. The molecule has 202 valence electrons. The lowest BCUT2D eigenvalue weighted by Gasteiger charge is -2.10. The van der Waals surface area contributed by atoms with Crippen LogP contribution in [0, 0.1) is 32.1 Å². The van der Waals surface area contributed by atoms with Gasteiger partial charge in [-0.2, -0.15) is 5.26 Å². The van der Waals surface area contributed by atoms with Crippen molar-refractivity contribution >= 4 is 33.7 Å². The Morgan fingerprint density at radius 3 is 2.33 bits per heavy atom. The molecule has 11 nitrogen and oxygen atoms in total. The molecular weight excluding hydrogens is 520 g/mol. The highest BCUT2D eigenvalue weighted by molar-refractivity contribution is 7.90. The van der Waals surface area contributed by atoms with Gasteiger partial charge in [0.05, 0.1) is 17.4 Å². The smallest absolute Gasteiger partial charge is 0.328 e. The summed E-state index contributed by atoms with van der Waals surface area (Å²) >= 11 is 0. The zero-order chi connectivity index (χ0) is 28.6. The lowest BCUT2D eigenvalue weighted by molar-refractivity contribution is -0.122. The number of aromatic nitrogens is 3. The standard InChI is InChI=1S/C26H26N6O3S.CH2O2/c1-17-4-10-22(11-5-17)36(34,35)31-26(33)28-15-13-20-6-8-21(9-7-20)32-23(12-14-27)30-24-18(2)16-19(3)29-25(24)32;2-1-3/h4-11,16H,12-13,15H2,1-3H3,(H2,28,31,33);1H,(H,2,3). The monoisotopic (exact) mass is 548 g/mol. The van der Waals surface area contributed by atoms with Crippen LogP contribution < -0.4 is 10.0 Å². The number of sulfonamides is 1. The maximum Gasteiger partial charge on any atom is 0.328 e. The van der Waals surface area contributed by atoms with Gasteiger partial charge in [-0.1, -0.05) is 29.8 Å². The molecule has 2 aromatic heterocycles. The predicted octanol–water partition coefficient (Wildman–Crippen LogP) is 3.34. The van der Waals surface area contributed by atoms with Gasteiger partial charge in [-0.15, -0.1) is 0 Å². The maximum absolute atomic E-state index is 12.3. The highest BCUT2D eigenvalue weighted by Gasteiger charge is 2.18. The first-order valence-corrected chi connectivity index (χ1v) is 13.3. The summed E-state index contributed by atoms with van der Waals surface area (Å²) in [5.74, 6) is 0.620. The first kappa shape index (κ1) is 28.8. The number of nitrogens with zero attached hydrogens (tertiary/aromatic N) is 4. The number of hydrogen-bond acceptors (Lipinski definition) is 7. The molecule has 0 unspecified atom stereocenters. The lowest BCUT2D eigenvalue weighted by atomic mass is 10.1. The van der Waals surface area contributed by atoms with Gasteiger partial charge in [0.15, 0.2) is 5.65 Å². The quantitative estimate of drug-likeness (QED) is 0.296. The minimum absolute atomic E-state index is 0.0292. The fourth-order valence-corrected chi connectivity index (χ4v) is 4.86. The molecule has 0 aliphatic rings. The Morgan fingerprint density at radius 1 is 1.08 bits per heavy atom. The van der Waals surface area contributed by atoms with Crippen LogP contribution in [-0.2, 0) is 27.7 Å². The zero-order valence-electron chi connectivity index (χ0n) is 21.7. The van der Waals surface area contributed by atoms with E-state index in [0.717, 1.165) is 33.6 Å². The van der Waals surface area contributed by atoms with Crippen LogP contribution in [-0.4, -0.2) is 47.1 Å². The molecule has 0 aliphatic heterocycles. The predicted molar refractivity (Wildman–Crippen MR) is 145 cm³/mol. The fourth-order valence-electron chi connectivity index (χ4n) is 3.93. The van der Waals surface area contributed by atoms with E-state index in [0.29, 0.717) is 17.9 Å². The Balaban J connectivity index is 0.00000134. The molecule has 2 heterocycles. The number of hydrogen-bond donors (Lipinski definition) is 3. The molecule has 0 saturated heterocycles. The van der Waals surface area contributed by atoms with Gasteiger partial charge in [-0.05, 0) is 68.7 Å². The third-order valence-electron chi connectivity index (χ3n) is 5.69. The first-order chi connectivity index (χ1) is 18.6. The van der Waals surface area contributed by atoms with Crippen LogP contribution in [0.2, 0.25) is 0 Å². The van der Waals surface area contributed by atoms with Crippen molar-refractivity contribution in [1.29, 1.82) is 5.26 Å².